The van der Waals surface area contributed by atoms with Crippen molar-refractivity contribution in [2.75, 3.05) is 12.4 Å². The third-order valence-electron chi connectivity index (χ3n) is 2.01. The molecule has 0 aliphatic heterocycles. The van der Waals surface area contributed by atoms with E-state index in [0.717, 1.165) is 5.56 Å². The second-order valence-electron chi connectivity index (χ2n) is 3.32. The van der Waals surface area contributed by atoms with Gasteiger partial charge in [0.15, 0.2) is 0 Å². The zero-order chi connectivity index (χ0) is 12.0. The van der Waals surface area contributed by atoms with Crippen molar-refractivity contribution in [2.24, 2.45) is 0 Å². The van der Waals surface area contributed by atoms with Gasteiger partial charge in [-0.25, -0.2) is 0 Å². The Morgan fingerprint density at radius 3 is 2.81 bits per heavy atom. The maximum atomic E-state index is 11.7. The molecule has 0 spiro atoms. The van der Waals surface area contributed by atoms with Gasteiger partial charge in [0.25, 0.3) is 5.91 Å². The molecule has 0 unspecified atom stereocenters. The van der Waals surface area contributed by atoms with Gasteiger partial charge < -0.3 is 5.32 Å². The molecule has 86 valence electrons. The third-order valence-corrected chi connectivity index (χ3v) is 2.50. The first-order chi connectivity index (χ1) is 7.65. The normalized spacial score (nSPS) is 10.7. The summed E-state index contributed by atoms with van der Waals surface area (Å²) in [6, 6.07) is 5.35. The van der Waals surface area contributed by atoms with E-state index in [1.54, 1.807) is 24.3 Å². The van der Waals surface area contributed by atoms with E-state index in [-0.39, 0.29) is 5.91 Å². The number of halogens is 2. The van der Waals surface area contributed by atoms with Gasteiger partial charge in [0.2, 0.25) is 0 Å². The average molecular weight is 258 g/mol. The van der Waals surface area contributed by atoms with Crippen molar-refractivity contribution < 1.29 is 4.79 Å². The highest BCUT2D eigenvalue weighted by molar-refractivity contribution is 6.33. The molecule has 1 aromatic carbocycles. The maximum Gasteiger partial charge on any atom is 0.253 e. The third kappa shape index (κ3) is 3.87. The summed E-state index contributed by atoms with van der Waals surface area (Å²) in [5.41, 5.74) is 1.52. The fourth-order valence-corrected chi connectivity index (χ4v) is 1.64. The van der Waals surface area contributed by atoms with Gasteiger partial charge in [0.1, 0.15) is 0 Å². The van der Waals surface area contributed by atoms with Crippen molar-refractivity contribution in [3.05, 3.63) is 46.5 Å². The van der Waals surface area contributed by atoms with Crippen LogP contribution in [0.2, 0.25) is 5.02 Å². The molecule has 1 rings (SSSR count). The molecule has 0 heterocycles. The number of nitrogens with one attached hydrogen (secondary N) is 1. The summed E-state index contributed by atoms with van der Waals surface area (Å²) in [6.07, 6.45) is 3.57. The van der Waals surface area contributed by atoms with Gasteiger partial charge >= 0.3 is 0 Å². The number of carbonyl (C=O) groups is 1. The topological polar surface area (TPSA) is 29.1 Å². The Morgan fingerprint density at radius 2 is 2.19 bits per heavy atom. The molecule has 0 aliphatic carbocycles. The van der Waals surface area contributed by atoms with Gasteiger partial charge in [-0.2, -0.15) is 0 Å². The van der Waals surface area contributed by atoms with Crippen LogP contribution in [0.25, 0.3) is 0 Å². The molecule has 1 amide bonds. The molecule has 0 aromatic heterocycles. The minimum Gasteiger partial charge on any atom is -0.349 e. The zero-order valence-corrected chi connectivity index (χ0v) is 10.5. The number of carbonyl (C=O) groups excluding carboxylic acids is 1. The molecule has 1 aromatic rings. The van der Waals surface area contributed by atoms with E-state index in [1.807, 2.05) is 13.0 Å². The zero-order valence-electron chi connectivity index (χ0n) is 8.97. The fourth-order valence-electron chi connectivity index (χ4n) is 1.20. The summed E-state index contributed by atoms with van der Waals surface area (Å²) in [5, 5.41) is 3.20. The Hall–Kier alpha value is -0.990. The number of aryl methyl sites for hydroxylation is 1. The number of benzene rings is 1. The molecule has 2 nitrogen and oxygen atoms in total. The van der Waals surface area contributed by atoms with Crippen molar-refractivity contribution in [2.45, 2.75) is 6.92 Å². The van der Waals surface area contributed by atoms with E-state index in [4.69, 9.17) is 23.2 Å². The molecular weight excluding hydrogens is 245 g/mol. The standard InChI is InChI=1S/C12H13Cl2NO/c1-9-4-5-10(11(14)8-9)12(16)15-7-3-2-6-13/h2-5,8H,6-7H2,1H3,(H,15,16)/b3-2+. The summed E-state index contributed by atoms with van der Waals surface area (Å²) in [7, 11) is 0. The van der Waals surface area contributed by atoms with E-state index >= 15 is 0 Å². The van der Waals surface area contributed by atoms with Crippen LogP contribution in [-0.2, 0) is 0 Å². The van der Waals surface area contributed by atoms with Gasteiger partial charge in [-0.15, -0.1) is 11.6 Å². The number of alkyl halides is 1. The quantitative estimate of drug-likeness (QED) is 0.652. The van der Waals surface area contributed by atoms with Gasteiger partial charge in [-0.3, -0.25) is 4.79 Å². The first kappa shape index (κ1) is 13.1. The SMILES string of the molecule is Cc1ccc(C(=O)NC/C=C/CCl)c(Cl)c1. The van der Waals surface area contributed by atoms with Crippen LogP contribution in [0.3, 0.4) is 0 Å². The summed E-state index contributed by atoms with van der Waals surface area (Å²) in [4.78, 5) is 11.7. The number of rotatable bonds is 4. The van der Waals surface area contributed by atoms with Crippen LogP contribution in [-0.4, -0.2) is 18.3 Å². The van der Waals surface area contributed by atoms with Crippen LogP contribution in [0.15, 0.2) is 30.4 Å². The Balaban J connectivity index is 2.63. The van der Waals surface area contributed by atoms with E-state index in [2.05, 4.69) is 5.32 Å². The highest BCUT2D eigenvalue weighted by Crippen LogP contribution is 2.17. The molecule has 0 fully saturated rings. The van der Waals surface area contributed by atoms with Crippen LogP contribution in [0.4, 0.5) is 0 Å². The van der Waals surface area contributed by atoms with Crippen molar-refractivity contribution in [3.8, 4) is 0 Å². The molecule has 0 saturated heterocycles. The van der Waals surface area contributed by atoms with E-state index < -0.39 is 0 Å². The smallest absolute Gasteiger partial charge is 0.253 e. The van der Waals surface area contributed by atoms with Crippen LogP contribution >= 0.6 is 23.2 Å². The minimum absolute atomic E-state index is 0.177. The Morgan fingerprint density at radius 1 is 1.44 bits per heavy atom. The number of hydrogen-bond donors (Lipinski definition) is 1. The molecule has 0 radical (unpaired) electrons. The lowest BCUT2D eigenvalue weighted by molar-refractivity contribution is 0.0958. The molecule has 0 aliphatic rings. The van der Waals surface area contributed by atoms with Gasteiger partial charge in [-0.1, -0.05) is 29.8 Å². The van der Waals surface area contributed by atoms with E-state index in [9.17, 15) is 4.79 Å². The summed E-state index contributed by atoms with van der Waals surface area (Å²) >= 11 is 11.4. The summed E-state index contributed by atoms with van der Waals surface area (Å²) in [5.74, 6) is 0.269. The maximum absolute atomic E-state index is 11.7. The minimum atomic E-state index is -0.177. The second-order valence-corrected chi connectivity index (χ2v) is 4.03. The first-order valence-electron chi connectivity index (χ1n) is 4.90. The van der Waals surface area contributed by atoms with Gasteiger partial charge in [-0.05, 0) is 24.6 Å². The largest absolute Gasteiger partial charge is 0.349 e. The molecule has 16 heavy (non-hydrogen) atoms. The monoisotopic (exact) mass is 257 g/mol. The van der Waals surface area contributed by atoms with Crippen molar-refractivity contribution in [1.82, 2.24) is 5.32 Å². The lowest BCUT2D eigenvalue weighted by Crippen LogP contribution is -2.23. The highest BCUT2D eigenvalue weighted by Gasteiger charge is 2.08. The van der Waals surface area contributed by atoms with Crippen LogP contribution in [0.1, 0.15) is 15.9 Å². The molecule has 0 saturated carbocycles. The number of allylic oxidation sites excluding steroid dienone is 1. The Bertz CT molecular complexity index is 402. The lowest BCUT2D eigenvalue weighted by atomic mass is 10.1. The molecule has 0 atom stereocenters. The van der Waals surface area contributed by atoms with Crippen molar-refractivity contribution in [1.29, 1.82) is 0 Å². The van der Waals surface area contributed by atoms with Crippen molar-refractivity contribution in [3.63, 3.8) is 0 Å². The highest BCUT2D eigenvalue weighted by atomic mass is 35.5. The second kappa shape index (κ2) is 6.56. The predicted molar refractivity (Wildman–Crippen MR) is 68.4 cm³/mol. The molecular formula is C12H13Cl2NO. The summed E-state index contributed by atoms with van der Waals surface area (Å²) in [6.45, 7) is 2.38. The van der Waals surface area contributed by atoms with E-state index in [0.29, 0.717) is 23.0 Å². The fraction of sp³-hybridized carbons (Fsp3) is 0.250. The van der Waals surface area contributed by atoms with Crippen LogP contribution in [0.5, 0.6) is 0 Å². The predicted octanol–water partition coefficient (Wildman–Crippen LogP) is 3.17. The van der Waals surface area contributed by atoms with Crippen LogP contribution < -0.4 is 5.32 Å². The molecule has 1 N–H and O–H groups in total. The van der Waals surface area contributed by atoms with Gasteiger partial charge in [0.05, 0.1) is 10.6 Å². The summed E-state index contributed by atoms with van der Waals surface area (Å²) < 4.78 is 0. The van der Waals surface area contributed by atoms with Crippen LogP contribution in [0, 0.1) is 6.92 Å². The first-order valence-corrected chi connectivity index (χ1v) is 5.81. The average Bonchev–Trinajstić information content (AvgIpc) is 2.24. The van der Waals surface area contributed by atoms with Gasteiger partial charge in [0, 0.05) is 12.4 Å². The molecule has 4 heteroatoms. The lowest BCUT2D eigenvalue weighted by Gasteiger charge is -2.05. The molecule has 0 bridgehead atoms. The van der Waals surface area contributed by atoms with E-state index in [1.165, 1.54) is 0 Å². The Kier molecular flexibility index (Phi) is 5.36. The van der Waals surface area contributed by atoms with Crippen molar-refractivity contribution >= 4 is 29.1 Å². The number of hydrogen-bond acceptors (Lipinski definition) is 1. The Labute approximate surface area is 105 Å². The number of amides is 1.